The van der Waals surface area contributed by atoms with E-state index in [2.05, 4.69) is 41.7 Å². The third-order valence-electron chi connectivity index (χ3n) is 3.70. The first kappa shape index (κ1) is 18.5. The average Bonchev–Trinajstić information content (AvgIpc) is 2.99. The number of carbonyl (C=O) groups is 1. The zero-order chi connectivity index (χ0) is 18.8. The number of hydrogen-bond acceptors (Lipinski definition) is 6. The lowest BCUT2D eigenvalue weighted by atomic mass is 10.1. The van der Waals surface area contributed by atoms with Crippen molar-refractivity contribution < 1.29 is 4.79 Å². The third kappa shape index (κ3) is 3.91. The van der Waals surface area contributed by atoms with Crippen LogP contribution in [0.25, 0.3) is 10.2 Å². The second kappa shape index (κ2) is 7.51. The lowest BCUT2D eigenvalue weighted by molar-refractivity contribution is 0.102. The zero-order valence-corrected chi connectivity index (χ0v) is 17.2. The Morgan fingerprint density at radius 1 is 1.23 bits per heavy atom. The fourth-order valence-electron chi connectivity index (χ4n) is 2.51. The number of hydrogen-bond donors (Lipinski definition) is 2. The summed E-state index contributed by atoms with van der Waals surface area (Å²) in [5, 5.41) is 7.92. The van der Waals surface area contributed by atoms with Crippen LogP contribution in [0.3, 0.4) is 0 Å². The van der Waals surface area contributed by atoms with E-state index < -0.39 is 0 Å². The summed E-state index contributed by atoms with van der Waals surface area (Å²) in [5.74, 6) is -0.196. The number of aryl methyl sites for hydroxylation is 2. The van der Waals surface area contributed by atoms with E-state index in [1.807, 2.05) is 33.8 Å². The minimum Gasteiger partial charge on any atom is -0.321 e. The molecule has 6 nitrogen and oxygen atoms in total. The van der Waals surface area contributed by atoms with Crippen molar-refractivity contribution >= 4 is 59.9 Å². The zero-order valence-electron chi connectivity index (χ0n) is 14.8. The summed E-state index contributed by atoms with van der Waals surface area (Å²) >= 11 is 4.85. The number of hydrazone groups is 1. The molecule has 0 bridgehead atoms. The fraction of sp³-hybridized carbons (Fsp3) is 0.222. The van der Waals surface area contributed by atoms with Crippen LogP contribution in [0.5, 0.6) is 0 Å². The first-order valence-electron chi connectivity index (χ1n) is 7.94. The van der Waals surface area contributed by atoms with Crippen LogP contribution in [0.1, 0.15) is 35.3 Å². The van der Waals surface area contributed by atoms with E-state index in [-0.39, 0.29) is 5.91 Å². The summed E-state index contributed by atoms with van der Waals surface area (Å²) in [6.07, 6.45) is 3.19. The smallest absolute Gasteiger partial charge is 0.257 e. The number of anilines is 2. The molecule has 134 valence electrons. The maximum Gasteiger partial charge on any atom is 0.257 e. The van der Waals surface area contributed by atoms with Crippen LogP contribution in [-0.2, 0) is 0 Å². The van der Waals surface area contributed by atoms with Crippen molar-refractivity contribution in [1.29, 1.82) is 0 Å². The molecule has 1 amide bonds. The molecule has 26 heavy (non-hydrogen) atoms. The Labute approximate surface area is 163 Å². The minimum absolute atomic E-state index is 0.196. The number of thiazole rings is 1. The molecule has 2 heterocycles. The second-order valence-electron chi connectivity index (χ2n) is 6.08. The van der Waals surface area contributed by atoms with Gasteiger partial charge in [0.15, 0.2) is 0 Å². The SMILES string of the molecule is CC(C)=NNc1nc2cc(C)c(NC(=O)c3cncc(Br)c3)c(C)c2s1. The van der Waals surface area contributed by atoms with E-state index in [4.69, 9.17) is 0 Å². The van der Waals surface area contributed by atoms with E-state index in [0.29, 0.717) is 5.56 Å². The third-order valence-corrected chi connectivity index (χ3v) is 5.23. The van der Waals surface area contributed by atoms with Gasteiger partial charge in [-0.3, -0.25) is 15.2 Å². The van der Waals surface area contributed by atoms with Crippen molar-refractivity contribution in [2.75, 3.05) is 10.7 Å². The highest BCUT2D eigenvalue weighted by molar-refractivity contribution is 9.10. The number of amides is 1. The van der Waals surface area contributed by atoms with Gasteiger partial charge < -0.3 is 5.32 Å². The molecule has 0 saturated carbocycles. The van der Waals surface area contributed by atoms with Gasteiger partial charge in [-0.25, -0.2) is 4.98 Å². The Kier molecular flexibility index (Phi) is 5.33. The van der Waals surface area contributed by atoms with Crippen LogP contribution in [0.15, 0.2) is 34.1 Å². The molecule has 2 N–H and O–H groups in total. The Hall–Kier alpha value is -2.32. The number of nitrogens with one attached hydrogen (secondary N) is 2. The normalized spacial score (nSPS) is 10.7. The highest BCUT2D eigenvalue weighted by Crippen LogP contribution is 2.35. The van der Waals surface area contributed by atoms with Gasteiger partial charge in [0, 0.05) is 28.3 Å². The topological polar surface area (TPSA) is 79.3 Å². The van der Waals surface area contributed by atoms with E-state index in [0.717, 1.165) is 42.3 Å². The molecule has 0 aliphatic carbocycles. The van der Waals surface area contributed by atoms with E-state index >= 15 is 0 Å². The summed E-state index contributed by atoms with van der Waals surface area (Å²) in [6, 6.07) is 3.71. The monoisotopic (exact) mass is 431 g/mol. The summed E-state index contributed by atoms with van der Waals surface area (Å²) < 4.78 is 1.78. The number of pyridine rings is 1. The number of benzene rings is 1. The van der Waals surface area contributed by atoms with Crippen LogP contribution in [-0.4, -0.2) is 21.6 Å². The maximum absolute atomic E-state index is 12.6. The number of nitrogens with zero attached hydrogens (tertiary/aromatic N) is 3. The van der Waals surface area contributed by atoms with Gasteiger partial charge in [0.05, 0.1) is 15.8 Å². The van der Waals surface area contributed by atoms with E-state index in [9.17, 15) is 4.79 Å². The number of carbonyl (C=O) groups excluding carboxylic acids is 1. The van der Waals surface area contributed by atoms with E-state index in [1.54, 1.807) is 18.5 Å². The number of rotatable bonds is 4. The summed E-state index contributed by atoms with van der Waals surface area (Å²) in [5.41, 5.74) is 8.02. The van der Waals surface area contributed by atoms with Gasteiger partial charge >= 0.3 is 0 Å². The van der Waals surface area contributed by atoms with Crippen molar-refractivity contribution in [2.45, 2.75) is 27.7 Å². The molecular formula is C18H18BrN5OS. The lowest BCUT2D eigenvalue weighted by Gasteiger charge is -2.12. The molecule has 3 aromatic rings. The second-order valence-corrected chi connectivity index (χ2v) is 7.99. The average molecular weight is 432 g/mol. The first-order valence-corrected chi connectivity index (χ1v) is 9.55. The van der Waals surface area contributed by atoms with Gasteiger partial charge in [0.1, 0.15) is 0 Å². The van der Waals surface area contributed by atoms with Crippen molar-refractivity contribution in [3.05, 3.63) is 45.7 Å². The predicted octanol–water partition coefficient (Wildman–Crippen LogP) is 5.13. The van der Waals surface area contributed by atoms with Crippen LogP contribution >= 0.6 is 27.3 Å². The van der Waals surface area contributed by atoms with Gasteiger partial charge in [-0.2, -0.15) is 5.10 Å². The molecule has 3 rings (SSSR count). The predicted molar refractivity (Wildman–Crippen MR) is 111 cm³/mol. The van der Waals surface area contributed by atoms with Gasteiger partial charge in [0.2, 0.25) is 5.13 Å². The lowest BCUT2D eigenvalue weighted by Crippen LogP contribution is -2.14. The van der Waals surface area contributed by atoms with E-state index in [1.165, 1.54) is 11.3 Å². The number of aromatic nitrogens is 2. The number of halogens is 1. The summed E-state index contributed by atoms with van der Waals surface area (Å²) in [7, 11) is 0. The van der Waals surface area contributed by atoms with Gasteiger partial charge in [-0.1, -0.05) is 11.3 Å². The molecule has 0 radical (unpaired) electrons. The molecule has 0 saturated heterocycles. The van der Waals surface area contributed by atoms with Crippen molar-refractivity contribution in [3.8, 4) is 0 Å². The fourth-order valence-corrected chi connectivity index (χ4v) is 3.76. The van der Waals surface area contributed by atoms with Crippen LogP contribution in [0, 0.1) is 13.8 Å². The van der Waals surface area contributed by atoms with Gasteiger partial charge in [-0.05, 0) is 66.9 Å². The Morgan fingerprint density at radius 2 is 2.00 bits per heavy atom. The molecule has 2 aromatic heterocycles. The highest BCUT2D eigenvalue weighted by Gasteiger charge is 2.15. The molecule has 0 fully saturated rings. The summed E-state index contributed by atoms with van der Waals surface area (Å²) in [4.78, 5) is 21.2. The molecular weight excluding hydrogens is 414 g/mol. The Balaban J connectivity index is 1.95. The van der Waals surface area contributed by atoms with Crippen molar-refractivity contribution in [2.24, 2.45) is 5.10 Å². The van der Waals surface area contributed by atoms with Gasteiger partial charge in [0.25, 0.3) is 5.91 Å². The molecule has 0 unspecified atom stereocenters. The molecule has 1 aromatic carbocycles. The number of fused-ring (bicyclic) bond motifs is 1. The Morgan fingerprint density at radius 3 is 2.69 bits per heavy atom. The minimum atomic E-state index is -0.196. The van der Waals surface area contributed by atoms with Gasteiger partial charge in [-0.15, -0.1) is 0 Å². The maximum atomic E-state index is 12.6. The molecule has 0 aliphatic rings. The van der Waals surface area contributed by atoms with Crippen LogP contribution in [0.4, 0.5) is 10.8 Å². The molecule has 8 heteroatoms. The molecule has 0 aliphatic heterocycles. The van der Waals surface area contributed by atoms with Crippen LogP contribution < -0.4 is 10.7 Å². The largest absolute Gasteiger partial charge is 0.321 e. The molecule has 0 spiro atoms. The van der Waals surface area contributed by atoms with Crippen LogP contribution in [0.2, 0.25) is 0 Å². The first-order chi connectivity index (χ1) is 12.3. The highest BCUT2D eigenvalue weighted by atomic mass is 79.9. The quantitative estimate of drug-likeness (QED) is 0.443. The van der Waals surface area contributed by atoms with Crippen molar-refractivity contribution in [1.82, 2.24) is 9.97 Å². The summed E-state index contributed by atoms with van der Waals surface area (Å²) in [6.45, 7) is 7.78. The Bertz CT molecular complexity index is 1020. The standard InChI is InChI=1S/C18H18BrN5OS/c1-9(2)23-24-18-21-14-5-10(3)15(11(4)16(14)26-18)22-17(25)12-6-13(19)8-20-7-12/h5-8H,1-4H3,(H,21,24)(H,22,25). The van der Waals surface area contributed by atoms with Crippen molar-refractivity contribution in [3.63, 3.8) is 0 Å². The molecule has 0 atom stereocenters.